The molecule has 3 aliphatic heterocycles. The van der Waals surface area contributed by atoms with Crippen molar-refractivity contribution in [1.29, 1.82) is 0 Å². The smallest absolute Gasteiger partial charge is 0.386 e. The number of aliphatic hydroxyl groups excluding tert-OH is 1. The molecule has 2 bridgehead atoms. The summed E-state index contributed by atoms with van der Waals surface area (Å²) in [5.41, 5.74) is 0. The van der Waals surface area contributed by atoms with Crippen molar-refractivity contribution in [3.63, 3.8) is 0 Å². The van der Waals surface area contributed by atoms with Gasteiger partial charge in [-0.3, -0.25) is 13.6 Å². The van der Waals surface area contributed by atoms with E-state index in [-0.39, 0.29) is 19.1 Å². The van der Waals surface area contributed by atoms with Crippen LogP contribution in [0.2, 0.25) is 0 Å². The van der Waals surface area contributed by atoms with Gasteiger partial charge in [0.25, 0.3) is 0 Å². The Hall–Kier alpha value is 1.04. The minimum absolute atomic E-state index is 0.192. The lowest BCUT2D eigenvalue weighted by Gasteiger charge is -2.27. The SMILES string of the molecule is [B][B][C@@H]1O[C@@H]2COP(O)(=S)O[C@@H]3[C@H](O)[C@@H](COP(=O)(S)O[C@H]2[C@H]1C)O[C@H]3C. The van der Waals surface area contributed by atoms with Gasteiger partial charge in [-0.1, -0.05) is 19.2 Å². The van der Waals surface area contributed by atoms with E-state index in [1.807, 2.05) is 0 Å². The highest BCUT2D eigenvalue weighted by Gasteiger charge is 2.49. The fourth-order valence-corrected chi connectivity index (χ4v) is 6.40. The van der Waals surface area contributed by atoms with Gasteiger partial charge in [0.2, 0.25) is 0 Å². The molecule has 10 atom stereocenters. The molecule has 15 heteroatoms. The van der Waals surface area contributed by atoms with Crippen LogP contribution in [0.15, 0.2) is 0 Å². The lowest BCUT2D eigenvalue weighted by atomic mass is 9.49. The summed E-state index contributed by atoms with van der Waals surface area (Å²) in [5, 5.41) is 10.4. The second-order valence-corrected chi connectivity index (χ2v) is 12.4. The predicted octanol–water partition coefficient (Wildman–Crippen LogP) is 0.355. The zero-order valence-electron chi connectivity index (χ0n) is 14.7. The molecule has 0 saturated carbocycles. The first-order chi connectivity index (χ1) is 12.5. The first-order valence-corrected chi connectivity index (χ1v) is 13.7. The summed E-state index contributed by atoms with van der Waals surface area (Å²) in [6, 6.07) is -0.483. The molecule has 3 fully saturated rings. The molecule has 2 unspecified atom stereocenters. The summed E-state index contributed by atoms with van der Waals surface area (Å²) in [5.74, 6) is -0.284. The molecule has 3 aliphatic rings. The van der Waals surface area contributed by atoms with Gasteiger partial charge in [-0.05, 0) is 18.7 Å². The lowest BCUT2D eigenvalue weighted by molar-refractivity contribution is -0.0221. The Bertz CT molecular complexity index is 646. The van der Waals surface area contributed by atoms with Crippen molar-refractivity contribution in [2.24, 2.45) is 5.92 Å². The van der Waals surface area contributed by atoms with Crippen molar-refractivity contribution in [3.05, 3.63) is 0 Å². The van der Waals surface area contributed by atoms with Gasteiger partial charge in [-0.25, -0.2) is 4.57 Å². The second-order valence-electron chi connectivity index (χ2n) is 6.73. The number of fused-ring (bicyclic) bond motifs is 3. The van der Waals surface area contributed by atoms with E-state index in [0.29, 0.717) is 0 Å². The van der Waals surface area contributed by atoms with Crippen LogP contribution in [0.25, 0.3) is 0 Å². The minimum atomic E-state index is -3.81. The summed E-state index contributed by atoms with van der Waals surface area (Å²) < 4.78 is 45.7. The van der Waals surface area contributed by atoms with E-state index >= 15 is 0 Å². The van der Waals surface area contributed by atoms with Crippen molar-refractivity contribution in [3.8, 4) is 0 Å². The molecule has 3 radical (unpaired) electrons. The maximum Gasteiger partial charge on any atom is 0.386 e. The van der Waals surface area contributed by atoms with E-state index in [1.54, 1.807) is 13.8 Å². The second kappa shape index (κ2) is 8.65. The zero-order chi connectivity index (χ0) is 20.0. The Kier molecular flexibility index (Phi) is 7.28. The molecule has 3 heterocycles. The predicted molar refractivity (Wildman–Crippen MR) is 104 cm³/mol. The molecule has 9 nitrogen and oxygen atoms in total. The molecule has 0 aromatic rings. The number of ether oxygens (including phenoxy) is 2. The van der Waals surface area contributed by atoms with Gasteiger partial charge in [0.15, 0.2) is 0 Å². The Morgan fingerprint density at radius 3 is 2.48 bits per heavy atom. The Labute approximate surface area is 170 Å². The number of hydrogen-bond donors (Lipinski definition) is 3. The van der Waals surface area contributed by atoms with Crippen LogP contribution in [-0.4, -0.2) is 80.7 Å². The molecule has 0 aliphatic carbocycles. The number of aliphatic hydroxyl groups is 1. The zero-order valence-corrected chi connectivity index (χ0v) is 18.2. The maximum absolute atomic E-state index is 12.7. The molecule has 0 aromatic heterocycles. The van der Waals surface area contributed by atoms with Gasteiger partial charge < -0.3 is 24.0 Å². The highest BCUT2D eigenvalue weighted by Crippen LogP contribution is 2.57. The third-order valence-electron chi connectivity index (χ3n) is 4.81. The average molecular weight is 457 g/mol. The Morgan fingerprint density at radius 1 is 1.15 bits per heavy atom. The van der Waals surface area contributed by atoms with Crippen molar-refractivity contribution < 1.29 is 42.1 Å². The maximum atomic E-state index is 12.7. The van der Waals surface area contributed by atoms with Crippen molar-refractivity contribution in [2.75, 3.05) is 13.2 Å². The van der Waals surface area contributed by atoms with Crippen LogP contribution in [0.5, 0.6) is 0 Å². The minimum Gasteiger partial charge on any atom is -0.387 e. The summed E-state index contributed by atoms with van der Waals surface area (Å²) >= 11 is 9.05. The third kappa shape index (κ3) is 5.21. The van der Waals surface area contributed by atoms with Crippen LogP contribution >= 0.6 is 25.8 Å². The van der Waals surface area contributed by atoms with E-state index in [4.69, 9.17) is 47.1 Å². The van der Waals surface area contributed by atoms with Crippen molar-refractivity contribution >= 4 is 52.5 Å². The van der Waals surface area contributed by atoms with Gasteiger partial charge >= 0.3 is 13.5 Å². The molecule has 3 saturated heterocycles. The molecule has 0 amide bonds. The number of hydrogen-bond acceptors (Lipinski definition) is 9. The molecule has 0 spiro atoms. The quantitative estimate of drug-likeness (QED) is 0.290. The average Bonchev–Trinajstić information content (AvgIpc) is 3.02. The van der Waals surface area contributed by atoms with Crippen molar-refractivity contribution in [2.45, 2.75) is 56.5 Å². The van der Waals surface area contributed by atoms with Gasteiger partial charge in [-0.2, -0.15) is 0 Å². The van der Waals surface area contributed by atoms with Gasteiger partial charge in [0.05, 0.1) is 26.5 Å². The van der Waals surface area contributed by atoms with E-state index in [1.165, 1.54) is 7.17 Å². The highest BCUT2D eigenvalue weighted by molar-refractivity contribution is 8.44. The van der Waals surface area contributed by atoms with Crippen LogP contribution in [0.3, 0.4) is 0 Å². The van der Waals surface area contributed by atoms with Crippen LogP contribution in [0.1, 0.15) is 13.8 Å². The lowest BCUT2D eigenvalue weighted by Crippen LogP contribution is -2.35. The van der Waals surface area contributed by atoms with Crippen LogP contribution in [-0.2, 0) is 43.9 Å². The van der Waals surface area contributed by atoms with Crippen molar-refractivity contribution in [1.82, 2.24) is 0 Å². The standard InChI is InChI=1S/C12H21B2O9P2S2/c1-5-10-8(21-12(5)14-13)4-19-25(17,27)23-11-6(2)20-7(9(11)15)3-18-24(16,26)22-10/h5-12,15H,3-4H2,1-2H3,(H,16,26)(H,17,27)/t5-,6+,7-,8-,9-,10+,11+,12-,24?,25?/m1/s1. The molecule has 2 N–H and O–H groups in total. The summed E-state index contributed by atoms with van der Waals surface area (Å²) in [6.45, 7) is -4.53. The van der Waals surface area contributed by atoms with E-state index in [2.05, 4.69) is 12.2 Å². The van der Waals surface area contributed by atoms with Crippen LogP contribution < -0.4 is 0 Å². The van der Waals surface area contributed by atoms with Gasteiger partial charge in [0.1, 0.15) is 30.5 Å². The summed E-state index contributed by atoms with van der Waals surface area (Å²) in [6.07, 6.45) is -5.03. The van der Waals surface area contributed by atoms with Crippen LogP contribution in [0, 0.1) is 5.92 Å². The molecule has 3 rings (SSSR count). The Balaban J connectivity index is 1.85. The first kappa shape index (κ1) is 22.7. The summed E-state index contributed by atoms with van der Waals surface area (Å²) in [7, 11) is 6.94. The third-order valence-corrected chi connectivity index (χ3v) is 7.98. The monoisotopic (exact) mass is 457 g/mol. The molecule has 151 valence electrons. The molecular formula is C12H21B2O9P2S2. The van der Waals surface area contributed by atoms with Crippen LogP contribution in [0.4, 0.5) is 0 Å². The Morgan fingerprint density at radius 2 is 1.81 bits per heavy atom. The normalized spacial score (nSPS) is 54.4. The molecular weight excluding hydrogens is 436 g/mol. The molecule has 0 aromatic carbocycles. The number of rotatable bonds is 1. The first-order valence-electron chi connectivity index (χ1n) is 8.38. The highest BCUT2D eigenvalue weighted by atomic mass is 32.7. The fourth-order valence-electron chi connectivity index (χ4n) is 3.36. The van der Waals surface area contributed by atoms with E-state index < -0.39 is 56.1 Å². The van der Waals surface area contributed by atoms with Gasteiger partial charge in [0, 0.05) is 19.7 Å². The largest absolute Gasteiger partial charge is 0.387 e. The topological polar surface area (TPSA) is 113 Å². The fraction of sp³-hybridized carbons (Fsp3) is 1.00. The van der Waals surface area contributed by atoms with E-state index in [9.17, 15) is 14.6 Å². The van der Waals surface area contributed by atoms with E-state index in [0.717, 1.165) is 0 Å². The molecule has 27 heavy (non-hydrogen) atoms. The summed E-state index contributed by atoms with van der Waals surface area (Å²) in [4.78, 5) is 10.4. The number of thiol groups is 1. The van der Waals surface area contributed by atoms with Gasteiger partial charge in [-0.15, -0.1) is 0 Å².